The van der Waals surface area contributed by atoms with Gasteiger partial charge >= 0.3 is 0 Å². The van der Waals surface area contributed by atoms with E-state index in [-0.39, 0.29) is 5.69 Å². The molecule has 1 aromatic carbocycles. The molecule has 1 aromatic heterocycles. The van der Waals surface area contributed by atoms with Crippen LogP contribution in [0.3, 0.4) is 0 Å². The number of amides is 1. The lowest BCUT2D eigenvalue weighted by Crippen LogP contribution is -2.28. The minimum absolute atomic E-state index is 0.159. The molecule has 0 saturated heterocycles. The molecule has 124 valence electrons. The van der Waals surface area contributed by atoms with Crippen LogP contribution in [0.5, 0.6) is 0 Å². The van der Waals surface area contributed by atoms with Gasteiger partial charge in [-0.25, -0.2) is 0 Å². The highest BCUT2D eigenvalue weighted by molar-refractivity contribution is 7.05. The lowest BCUT2D eigenvalue weighted by atomic mass is 9.98. The summed E-state index contributed by atoms with van der Waals surface area (Å²) in [5.74, 6) is -2.17. The largest absolute Gasteiger partial charge is 0.325 e. The number of nitriles is 1. The Bertz CT molecular complexity index is 774. The van der Waals surface area contributed by atoms with E-state index in [1.165, 1.54) is 17.1 Å². The van der Waals surface area contributed by atoms with Crippen LogP contribution in [-0.2, 0) is 4.79 Å². The van der Waals surface area contributed by atoms with Crippen molar-refractivity contribution < 1.29 is 9.59 Å². The molecule has 0 bridgehead atoms. The van der Waals surface area contributed by atoms with Crippen molar-refractivity contribution in [1.82, 2.24) is 4.37 Å². The molecule has 0 spiro atoms. The lowest BCUT2D eigenvalue weighted by molar-refractivity contribution is -0.117. The summed E-state index contributed by atoms with van der Waals surface area (Å²) < 4.78 is 3.98. The van der Waals surface area contributed by atoms with Gasteiger partial charge in [0.15, 0.2) is 5.92 Å². The van der Waals surface area contributed by atoms with E-state index >= 15 is 0 Å². The SMILES string of the molecule is CC[C@H](C)c1ccc(NC(=O)[C@H](C#N)C(=O)c2cc(C)sn2)cc1. The number of nitrogens with one attached hydrogen (secondary N) is 1. The summed E-state index contributed by atoms with van der Waals surface area (Å²) in [5.41, 5.74) is 1.90. The van der Waals surface area contributed by atoms with Gasteiger partial charge < -0.3 is 5.32 Å². The van der Waals surface area contributed by atoms with Gasteiger partial charge in [-0.1, -0.05) is 26.0 Å². The predicted octanol–water partition coefficient (Wildman–Crippen LogP) is 3.93. The third-order valence-electron chi connectivity index (χ3n) is 3.89. The minimum atomic E-state index is -1.40. The molecule has 0 radical (unpaired) electrons. The Balaban J connectivity index is 2.09. The van der Waals surface area contributed by atoms with E-state index in [1.807, 2.05) is 19.1 Å². The quantitative estimate of drug-likeness (QED) is 0.637. The van der Waals surface area contributed by atoms with E-state index in [0.717, 1.165) is 11.3 Å². The highest BCUT2D eigenvalue weighted by Gasteiger charge is 2.29. The van der Waals surface area contributed by atoms with Crippen LogP contribution in [0.25, 0.3) is 0 Å². The Labute approximate surface area is 145 Å². The first-order valence-corrected chi connectivity index (χ1v) is 8.51. The Hall–Kier alpha value is -2.52. The number of aromatic nitrogens is 1. The standard InChI is InChI=1S/C18H19N3O2S/c1-4-11(2)13-5-7-14(8-6-13)20-18(23)15(10-19)17(22)16-9-12(3)24-21-16/h5-9,11,15H,4H2,1-3H3,(H,20,23)/t11-,15+/m0/s1. The molecule has 0 aliphatic heterocycles. The molecule has 0 aliphatic carbocycles. The second-order valence-corrected chi connectivity index (χ2v) is 6.68. The van der Waals surface area contributed by atoms with Crippen LogP contribution in [0.2, 0.25) is 0 Å². The van der Waals surface area contributed by atoms with Crippen molar-refractivity contribution in [3.8, 4) is 6.07 Å². The maximum atomic E-state index is 12.3. The van der Waals surface area contributed by atoms with E-state index < -0.39 is 17.6 Å². The summed E-state index contributed by atoms with van der Waals surface area (Å²) >= 11 is 1.17. The number of hydrogen-bond donors (Lipinski definition) is 1. The smallest absolute Gasteiger partial charge is 0.249 e. The molecular formula is C18H19N3O2S. The number of carbonyl (C=O) groups excluding carboxylic acids is 2. The molecule has 1 amide bonds. The Morgan fingerprint density at radius 3 is 2.50 bits per heavy atom. The number of nitrogens with zero attached hydrogens (tertiary/aromatic N) is 2. The van der Waals surface area contributed by atoms with Crippen molar-refractivity contribution in [2.45, 2.75) is 33.1 Å². The predicted molar refractivity (Wildman–Crippen MR) is 94.1 cm³/mol. The first-order valence-electron chi connectivity index (χ1n) is 7.74. The van der Waals surface area contributed by atoms with Crippen molar-refractivity contribution in [2.75, 3.05) is 5.32 Å². The van der Waals surface area contributed by atoms with Crippen LogP contribution < -0.4 is 5.32 Å². The van der Waals surface area contributed by atoms with Gasteiger partial charge in [0.05, 0.1) is 6.07 Å². The van der Waals surface area contributed by atoms with Crippen LogP contribution in [-0.4, -0.2) is 16.1 Å². The highest BCUT2D eigenvalue weighted by atomic mass is 32.1. The van der Waals surface area contributed by atoms with E-state index in [0.29, 0.717) is 11.6 Å². The number of Topliss-reactive ketones (excluding diaryl/α,β-unsaturated/α-hetero) is 1. The first kappa shape index (κ1) is 17.8. The molecule has 1 heterocycles. The molecule has 24 heavy (non-hydrogen) atoms. The molecule has 0 aliphatic rings. The highest BCUT2D eigenvalue weighted by Crippen LogP contribution is 2.21. The lowest BCUT2D eigenvalue weighted by Gasteiger charge is -2.11. The Kier molecular flexibility index (Phi) is 5.83. The van der Waals surface area contributed by atoms with Crippen molar-refractivity contribution in [1.29, 1.82) is 5.26 Å². The number of hydrogen-bond acceptors (Lipinski definition) is 5. The summed E-state index contributed by atoms with van der Waals surface area (Å²) in [4.78, 5) is 25.4. The summed E-state index contributed by atoms with van der Waals surface area (Å²) in [6.07, 6.45) is 1.03. The zero-order valence-electron chi connectivity index (χ0n) is 13.9. The number of aryl methyl sites for hydroxylation is 1. The second kappa shape index (κ2) is 7.84. The zero-order valence-corrected chi connectivity index (χ0v) is 14.7. The van der Waals surface area contributed by atoms with Gasteiger partial charge in [0.2, 0.25) is 11.7 Å². The summed E-state index contributed by atoms with van der Waals surface area (Å²) in [6.45, 7) is 6.06. The van der Waals surface area contributed by atoms with Gasteiger partial charge in [0, 0.05) is 10.6 Å². The number of rotatable bonds is 6. The number of ketones is 1. The third-order valence-corrected chi connectivity index (χ3v) is 4.59. The maximum absolute atomic E-state index is 12.3. The summed E-state index contributed by atoms with van der Waals surface area (Å²) in [7, 11) is 0. The van der Waals surface area contributed by atoms with Crippen molar-refractivity contribution in [3.05, 3.63) is 46.5 Å². The summed E-state index contributed by atoms with van der Waals surface area (Å²) in [6, 6.07) is 10.8. The topological polar surface area (TPSA) is 82.9 Å². The van der Waals surface area contributed by atoms with Crippen molar-refractivity contribution >= 4 is 28.9 Å². The third kappa shape index (κ3) is 4.06. The average molecular weight is 341 g/mol. The Morgan fingerprint density at radius 1 is 1.33 bits per heavy atom. The monoisotopic (exact) mass is 341 g/mol. The maximum Gasteiger partial charge on any atom is 0.249 e. The molecule has 2 rings (SSSR count). The van der Waals surface area contributed by atoms with E-state index in [2.05, 4.69) is 23.5 Å². The Morgan fingerprint density at radius 2 is 2.00 bits per heavy atom. The van der Waals surface area contributed by atoms with Crippen LogP contribution in [0, 0.1) is 24.2 Å². The first-order chi connectivity index (χ1) is 11.5. The van der Waals surface area contributed by atoms with Gasteiger partial charge in [-0.2, -0.15) is 9.64 Å². The van der Waals surface area contributed by atoms with Crippen LogP contribution >= 0.6 is 11.5 Å². The summed E-state index contributed by atoms with van der Waals surface area (Å²) in [5, 5.41) is 11.8. The average Bonchev–Trinajstić information content (AvgIpc) is 3.02. The number of anilines is 1. The van der Waals surface area contributed by atoms with Crippen LogP contribution in [0.15, 0.2) is 30.3 Å². The molecule has 0 unspecified atom stereocenters. The van der Waals surface area contributed by atoms with Crippen LogP contribution in [0.1, 0.15) is 47.1 Å². The van der Waals surface area contributed by atoms with Gasteiger partial charge in [-0.05, 0) is 54.6 Å². The minimum Gasteiger partial charge on any atom is -0.325 e. The molecule has 1 N–H and O–H groups in total. The van der Waals surface area contributed by atoms with E-state index in [9.17, 15) is 14.9 Å². The van der Waals surface area contributed by atoms with E-state index in [4.69, 9.17) is 0 Å². The molecule has 2 atom stereocenters. The number of carbonyl (C=O) groups is 2. The van der Waals surface area contributed by atoms with Crippen molar-refractivity contribution in [3.63, 3.8) is 0 Å². The number of benzene rings is 1. The fourth-order valence-electron chi connectivity index (χ4n) is 2.21. The fourth-order valence-corrected chi connectivity index (χ4v) is 2.76. The molecular weight excluding hydrogens is 322 g/mol. The zero-order chi connectivity index (χ0) is 17.7. The molecule has 5 nitrogen and oxygen atoms in total. The molecule has 0 saturated carbocycles. The van der Waals surface area contributed by atoms with Crippen molar-refractivity contribution in [2.24, 2.45) is 5.92 Å². The second-order valence-electron chi connectivity index (χ2n) is 5.67. The van der Waals surface area contributed by atoms with Gasteiger partial charge in [0.25, 0.3) is 0 Å². The molecule has 2 aromatic rings. The molecule has 6 heteroatoms. The van der Waals surface area contributed by atoms with E-state index in [1.54, 1.807) is 24.3 Å². The van der Waals surface area contributed by atoms with Crippen LogP contribution in [0.4, 0.5) is 5.69 Å². The van der Waals surface area contributed by atoms with Gasteiger partial charge in [-0.15, -0.1) is 0 Å². The fraction of sp³-hybridized carbons (Fsp3) is 0.333. The van der Waals surface area contributed by atoms with Gasteiger partial charge in [-0.3, -0.25) is 9.59 Å². The molecule has 0 fully saturated rings. The normalized spacial score (nSPS) is 12.9. The van der Waals surface area contributed by atoms with Gasteiger partial charge in [0.1, 0.15) is 5.69 Å².